The second kappa shape index (κ2) is 5.90. The van der Waals surface area contributed by atoms with Crippen molar-refractivity contribution in [3.8, 4) is 0 Å². The molecule has 1 fully saturated rings. The molecule has 0 spiro atoms. The van der Waals surface area contributed by atoms with Crippen molar-refractivity contribution in [2.24, 2.45) is 0 Å². The Kier molecular flexibility index (Phi) is 4.21. The van der Waals surface area contributed by atoms with Gasteiger partial charge in [-0.15, -0.1) is 0 Å². The lowest BCUT2D eigenvalue weighted by molar-refractivity contribution is -0.141. The number of nitrogens with one attached hydrogen (secondary N) is 1. The first-order valence-corrected chi connectivity index (χ1v) is 6.51. The van der Waals surface area contributed by atoms with E-state index in [2.05, 4.69) is 5.32 Å². The summed E-state index contributed by atoms with van der Waals surface area (Å²) in [5.41, 5.74) is 0.0488. The van der Waals surface area contributed by atoms with E-state index in [9.17, 15) is 18.8 Å². The zero-order valence-corrected chi connectivity index (χ0v) is 11.4. The first kappa shape index (κ1) is 15.0. The lowest BCUT2D eigenvalue weighted by Crippen LogP contribution is -2.40. The van der Waals surface area contributed by atoms with Crippen LogP contribution in [-0.2, 0) is 9.59 Å². The summed E-state index contributed by atoms with van der Waals surface area (Å²) < 4.78 is 13.5. The van der Waals surface area contributed by atoms with Gasteiger partial charge in [0.05, 0.1) is 5.69 Å². The van der Waals surface area contributed by atoms with E-state index in [1.807, 2.05) is 0 Å². The third kappa shape index (κ3) is 3.18. The van der Waals surface area contributed by atoms with Crippen LogP contribution in [0.25, 0.3) is 0 Å². The highest BCUT2D eigenvalue weighted by molar-refractivity contribution is 5.98. The summed E-state index contributed by atoms with van der Waals surface area (Å²) in [5.74, 6) is -2.64. The summed E-state index contributed by atoms with van der Waals surface area (Å²) in [6.07, 6.45) is 1.02. The molecule has 1 aliphatic rings. The van der Waals surface area contributed by atoms with Gasteiger partial charge in [-0.05, 0) is 31.0 Å². The number of carbonyl (C=O) groups excluding carboxylic acids is 2. The molecule has 21 heavy (non-hydrogen) atoms. The fraction of sp³-hybridized carbons (Fsp3) is 0.357. The van der Waals surface area contributed by atoms with E-state index < -0.39 is 29.6 Å². The number of hydrogen-bond donors (Lipinski definition) is 2. The van der Waals surface area contributed by atoms with E-state index >= 15 is 0 Å². The average molecular weight is 294 g/mol. The lowest BCUT2D eigenvalue weighted by Gasteiger charge is -2.21. The molecular weight excluding hydrogens is 279 g/mol. The zero-order chi connectivity index (χ0) is 15.6. The van der Waals surface area contributed by atoms with Crippen molar-refractivity contribution >= 4 is 23.5 Å². The third-order valence-electron chi connectivity index (χ3n) is 3.32. The van der Waals surface area contributed by atoms with Gasteiger partial charge in [0, 0.05) is 19.0 Å². The highest BCUT2D eigenvalue weighted by atomic mass is 19.1. The molecule has 6 nitrogen and oxygen atoms in total. The van der Waals surface area contributed by atoms with Crippen LogP contribution in [0.15, 0.2) is 18.2 Å². The highest BCUT2D eigenvalue weighted by Crippen LogP contribution is 2.23. The number of carbonyl (C=O) groups is 3. The predicted molar refractivity (Wildman–Crippen MR) is 72.4 cm³/mol. The molecule has 7 heteroatoms. The Morgan fingerprint density at radius 3 is 2.71 bits per heavy atom. The molecule has 1 aromatic rings. The van der Waals surface area contributed by atoms with Gasteiger partial charge in [-0.3, -0.25) is 9.59 Å². The number of anilines is 1. The number of likely N-dealkylation sites (tertiary alicyclic amines) is 1. The molecule has 0 bridgehead atoms. The van der Waals surface area contributed by atoms with Gasteiger partial charge in [0.1, 0.15) is 11.9 Å². The minimum Gasteiger partial charge on any atom is -0.480 e. The number of rotatable bonds is 3. The summed E-state index contributed by atoms with van der Waals surface area (Å²) >= 11 is 0. The highest BCUT2D eigenvalue weighted by Gasteiger charge is 2.34. The molecule has 2 N–H and O–H groups in total. The number of hydrogen-bond acceptors (Lipinski definition) is 3. The largest absolute Gasteiger partial charge is 0.480 e. The zero-order valence-electron chi connectivity index (χ0n) is 11.4. The van der Waals surface area contributed by atoms with E-state index in [1.54, 1.807) is 0 Å². The van der Waals surface area contributed by atoms with Crippen molar-refractivity contribution in [3.63, 3.8) is 0 Å². The second-order valence-electron chi connectivity index (χ2n) is 4.87. The van der Waals surface area contributed by atoms with Gasteiger partial charge in [0.15, 0.2) is 0 Å². The second-order valence-corrected chi connectivity index (χ2v) is 4.87. The molecule has 1 heterocycles. The Bertz CT molecular complexity index is 603. The van der Waals surface area contributed by atoms with Crippen molar-refractivity contribution in [3.05, 3.63) is 29.6 Å². The first-order chi connectivity index (χ1) is 9.90. The van der Waals surface area contributed by atoms with Gasteiger partial charge < -0.3 is 15.3 Å². The molecule has 2 amide bonds. The normalized spacial score (nSPS) is 17.6. The predicted octanol–water partition coefficient (Wildman–Crippen LogP) is 1.47. The third-order valence-corrected chi connectivity index (χ3v) is 3.32. The van der Waals surface area contributed by atoms with Crippen molar-refractivity contribution in [1.82, 2.24) is 4.90 Å². The van der Waals surface area contributed by atoms with Crippen LogP contribution in [0, 0.1) is 5.82 Å². The van der Waals surface area contributed by atoms with E-state index in [1.165, 1.54) is 24.0 Å². The molecule has 0 aliphatic carbocycles. The van der Waals surface area contributed by atoms with Gasteiger partial charge in [0.25, 0.3) is 5.91 Å². The maximum atomic E-state index is 13.5. The van der Waals surface area contributed by atoms with Crippen LogP contribution in [0.1, 0.15) is 30.1 Å². The maximum absolute atomic E-state index is 13.5. The summed E-state index contributed by atoms with van der Waals surface area (Å²) in [7, 11) is 0. The van der Waals surface area contributed by atoms with Gasteiger partial charge in [-0.25, -0.2) is 9.18 Å². The Hall–Kier alpha value is -2.44. The van der Waals surface area contributed by atoms with Crippen molar-refractivity contribution < 1.29 is 23.9 Å². The molecule has 0 saturated carbocycles. The number of carboxylic acids is 1. The smallest absolute Gasteiger partial charge is 0.326 e. The van der Waals surface area contributed by atoms with Crippen molar-refractivity contribution in [1.29, 1.82) is 0 Å². The van der Waals surface area contributed by atoms with Crippen LogP contribution >= 0.6 is 0 Å². The van der Waals surface area contributed by atoms with Crippen LogP contribution in [0.2, 0.25) is 0 Å². The van der Waals surface area contributed by atoms with Crippen LogP contribution in [-0.4, -0.2) is 40.4 Å². The van der Waals surface area contributed by atoms with E-state index in [0.29, 0.717) is 19.4 Å². The average Bonchev–Trinajstić information content (AvgIpc) is 2.89. The molecule has 112 valence electrons. The maximum Gasteiger partial charge on any atom is 0.326 e. The Morgan fingerprint density at radius 1 is 1.38 bits per heavy atom. The molecule has 1 atom stereocenters. The fourth-order valence-electron chi connectivity index (χ4n) is 2.38. The number of aliphatic carboxylic acids is 1. The fourth-order valence-corrected chi connectivity index (χ4v) is 2.38. The van der Waals surface area contributed by atoms with Crippen molar-refractivity contribution in [2.75, 3.05) is 11.9 Å². The van der Waals surface area contributed by atoms with E-state index in [4.69, 9.17) is 5.11 Å². The number of benzene rings is 1. The number of nitrogens with zero attached hydrogens (tertiary/aromatic N) is 1. The minimum absolute atomic E-state index is 0.0978. The molecule has 1 saturated heterocycles. The SMILES string of the molecule is CC(=O)Nc1cc(C(=O)N2CCCC2C(=O)O)ccc1F. The number of carboxylic acid groups (broad SMARTS) is 1. The van der Waals surface area contributed by atoms with E-state index in [-0.39, 0.29) is 11.3 Å². The summed E-state index contributed by atoms with van der Waals surface area (Å²) in [6, 6.07) is 2.72. The summed E-state index contributed by atoms with van der Waals surface area (Å²) in [6.45, 7) is 1.58. The Balaban J connectivity index is 2.27. The molecule has 1 unspecified atom stereocenters. The minimum atomic E-state index is -1.05. The van der Waals surface area contributed by atoms with Crippen LogP contribution in [0.3, 0.4) is 0 Å². The number of halogens is 1. The van der Waals surface area contributed by atoms with Gasteiger partial charge in [-0.2, -0.15) is 0 Å². The topological polar surface area (TPSA) is 86.7 Å². The molecule has 1 aliphatic heterocycles. The van der Waals surface area contributed by atoms with Crippen LogP contribution in [0.5, 0.6) is 0 Å². The molecule has 0 radical (unpaired) electrons. The Labute approximate surface area is 120 Å². The summed E-state index contributed by atoms with van der Waals surface area (Å²) in [5, 5.41) is 11.4. The summed E-state index contributed by atoms with van der Waals surface area (Å²) in [4.78, 5) is 35.7. The molecule has 0 aromatic heterocycles. The van der Waals surface area contributed by atoms with Gasteiger partial charge >= 0.3 is 5.97 Å². The molecular formula is C14H15FN2O4. The van der Waals surface area contributed by atoms with Gasteiger partial charge in [-0.1, -0.05) is 0 Å². The molecule has 1 aromatic carbocycles. The van der Waals surface area contributed by atoms with Crippen LogP contribution in [0.4, 0.5) is 10.1 Å². The first-order valence-electron chi connectivity index (χ1n) is 6.51. The standard InChI is InChI=1S/C14H15FN2O4/c1-8(18)16-11-7-9(4-5-10(11)15)13(19)17-6-2-3-12(17)14(20)21/h4-5,7,12H,2-3,6H2,1H3,(H,16,18)(H,20,21). The van der Waals surface area contributed by atoms with Gasteiger partial charge in [0.2, 0.25) is 5.91 Å². The monoisotopic (exact) mass is 294 g/mol. The lowest BCUT2D eigenvalue weighted by atomic mass is 10.1. The van der Waals surface area contributed by atoms with Crippen LogP contribution < -0.4 is 5.32 Å². The van der Waals surface area contributed by atoms with Crippen molar-refractivity contribution in [2.45, 2.75) is 25.8 Å². The quantitative estimate of drug-likeness (QED) is 0.884. The van der Waals surface area contributed by atoms with E-state index in [0.717, 1.165) is 6.07 Å². The number of amides is 2. The molecule has 2 rings (SSSR count). The Morgan fingerprint density at radius 2 is 2.10 bits per heavy atom.